The summed E-state index contributed by atoms with van der Waals surface area (Å²) in [6.45, 7) is 7.51. The number of hydrogen-bond donors (Lipinski definition) is 0. The lowest BCUT2D eigenvalue weighted by Gasteiger charge is -2.39. The number of carbonyl (C=O) groups excluding carboxylic acids is 1. The number of halogens is 1. The monoisotopic (exact) mass is 423 g/mol. The van der Waals surface area contributed by atoms with E-state index in [4.69, 9.17) is 0 Å². The highest BCUT2D eigenvalue weighted by Gasteiger charge is 2.50. The number of amides is 1. The lowest BCUT2D eigenvalue weighted by molar-refractivity contribution is -0.133. The molecule has 0 spiro atoms. The van der Waals surface area contributed by atoms with Gasteiger partial charge in [-0.1, -0.05) is 20.8 Å². The van der Waals surface area contributed by atoms with Crippen molar-refractivity contribution in [3.05, 3.63) is 53.0 Å². The Morgan fingerprint density at radius 1 is 1.19 bits per heavy atom. The van der Waals surface area contributed by atoms with Gasteiger partial charge in [-0.3, -0.25) is 14.2 Å². The van der Waals surface area contributed by atoms with E-state index in [9.17, 15) is 14.0 Å². The zero-order valence-electron chi connectivity index (χ0n) is 18.0. The Kier molecular flexibility index (Phi) is 4.32. The molecular weight excluding hydrogens is 397 g/mol. The third-order valence-electron chi connectivity index (χ3n) is 6.67. The van der Waals surface area contributed by atoms with E-state index in [2.05, 4.69) is 30.9 Å². The summed E-state index contributed by atoms with van der Waals surface area (Å²) in [5, 5.41) is 4.57. The highest BCUT2D eigenvalue weighted by atomic mass is 19.1. The number of likely N-dealkylation sites (tertiary alicyclic amines) is 1. The van der Waals surface area contributed by atoms with Gasteiger partial charge in [0.25, 0.3) is 5.56 Å². The molecule has 1 saturated heterocycles. The molecule has 31 heavy (non-hydrogen) atoms. The lowest BCUT2D eigenvalue weighted by atomic mass is 9.65. The zero-order valence-corrected chi connectivity index (χ0v) is 18.0. The second-order valence-electron chi connectivity index (χ2n) is 10.2. The summed E-state index contributed by atoms with van der Waals surface area (Å²) in [7, 11) is 0. The van der Waals surface area contributed by atoms with Crippen LogP contribution in [-0.4, -0.2) is 42.7 Å². The zero-order chi connectivity index (χ0) is 22.0. The van der Waals surface area contributed by atoms with Gasteiger partial charge < -0.3 is 4.90 Å². The molecule has 1 saturated carbocycles. The van der Waals surface area contributed by atoms with E-state index in [1.54, 1.807) is 12.1 Å². The van der Waals surface area contributed by atoms with Crippen LogP contribution in [-0.2, 0) is 11.3 Å². The summed E-state index contributed by atoms with van der Waals surface area (Å²) >= 11 is 0. The van der Waals surface area contributed by atoms with Gasteiger partial charge in [0, 0.05) is 12.6 Å². The fourth-order valence-corrected chi connectivity index (χ4v) is 5.82. The van der Waals surface area contributed by atoms with Crippen molar-refractivity contribution in [1.29, 1.82) is 0 Å². The van der Waals surface area contributed by atoms with Crippen LogP contribution < -0.4 is 5.56 Å². The largest absolute Gasteiger partial charge is 0.338 e. The van der Waals surface area contributed by atoms with Crippen molar-refractivity contribution in [3.8, 4) is 5.69 Å². The average Bonchev–Trinajstić information content (AvgIpc) is 3.22. The van der Waals surface area contributed by atoms with Crippen molar-refractivity contribution in [1.82, 2.24) is 24.2 Å². The van der Waals surface area contributed by atoms with Gasteiger partial charge in [-0.25, -0.2) is 14.1 Å². The van der Waals surface area contributed by atoms with E-state index < -0.39 is 0 Å². The van der Waals surface area contributed by atoms with E-state index in [1.807, 2.05) is 4.90 Å². The van der Waals surface area contributed by atoms with Crippen LogP contribution in [0, 0.1) is 16.6 Å². The Morgan fingerprint density at radius 3 is 2.68 bits per heavy atom. The van der Waals surface area contributed by atoms with E-state index in [0.29, 0.717) is 16.7 Å². The third-order valence-corrected chi connectivity index (χ3v) is 6.67. The van der Waals surface area contributed by atoms with Crippen LogP contribution in [0.2, 0.25) is 0 Å². The Balaban J connectivity index is 1.41. The molecule has 2 atom stereocenters. The second kappa shape index (κ2) is 6.73. The smallest absolute Gasteiger partial charge is 0.264 e. The average molecular weight is 423 g/mol. The Hall–Kier alpha value is -3.03. The van der Waals surface area contributed by atoms with Crippen molar-refractivity contribution in [3.63, 3.8) is 0 Å². The van der Waals surface area contributed by atoms with E-state index >= 15 is 0 Å². The molecule has 8 heteroatoms. The summed E-state index contributed by atoms with van der Waals surface area (Å²) in [6, 6.07) is 6.04. The molecule has 1 amide bonds. The quantitative estimate of drug-likeness (QED) is 0.649. The van der Waals surface area contributed by atoms with Crippen LogP contribution in [0.5, 0.6) is 0 Å². The first-order chi connectivity index (χ1) is 14.6. The number of fused-ring (bicyclic) bond motifs is 3. The molecule has 1 aliphatic carbocycles. The van der Waals surface area contributed by atoms with Crippen molar-refractivity contribution in [2.45, 2.75) is 52.6 Å². The molecule has 2 aromatic heterocycles. The van der Waals surface area contributed by atoms with Crippen LogP contribution in [0.25, 0.3) is 16.7 Å². The fourth-order valence-electron chi connectivity index (χ4n) is 5.82. The van der Waals surface area contributed by atoms with Gasteiger partial charge in [0.2, 0.25) is 5.91 Å². The molecule has 2 fully saturated rings. The number of hydrogen-bond acceptors (Lipinski definition) is 4. The van der Waals surface area contributed by atoms with Crippen LogP contribution in [0.3, 0.4) is 0 Å². The molecule has 3 heterocycles. The molecule has 5 rings (SSSR count). The first-order valence-corrected chi connectivity index (χ1v) is 10.6. The van der Waals surface area contributed by atoms with Crippen molar-refractivity contribution in [2.24, 2.45) is 10.8 Å². The van der Waals surface area contributed by atoms with Gasteiger partial charge in [-0.05, 0) is 54.4 Å². The Bertz CT molecular complexity index is 1230. The summed E-state index contributed by atoms with van der Waals surface area (Å²) in [4.78, 5) is 32.5. The predicted molar refractivity (Wildman–Crippen MR) is 114 cm³/mol. The van der Waals surface area contributed by atoms with Crippen LogP contribution in [0.1, 0.15) is 40.0 Å². The predicted octanol–water partition coefficient (Wildman–Crippen LogP) is 3.15. The van der Waals surface area contributed by atoms with Crippen molar-refractivity contribution >= 4 is 16.9 Å². The standard InChI is InChI=1S/C23H26FN5O2/c1-22(2)8-17-9-23(3,12-22)13-28(17)19(30)11-27-14-25-20-18(21(27)31)10-26-29(20)16-6-4-15(24)5-7-16/h4-7,10,14,17H,8-9,11-13H2,1-3H3/t17-,23+/m0/s1. The summed E-state index contributed by atoms with van der Waals surface area (Å²) in [5.74, 6) is -0.390. The SMILES string of the molecule is CC1(C)C[C@H]2C[C@@](C)(CN2C(=O)Cn2cnc3c(cnn3-c3ccc(F)cc3)c2=O)C1. The van der Waals surface area contributed by atoms with Gasteiger partial charge >= 0.3 is 0 Å². The summed E-state index contributed by atoms with van der Waals surface area (Å²) < 4.78 is 16.1. The molecule has 1 aromatic carbocycles. The Morgan fingerprint density at radius 2 is 1.94 bits per heavy atom. The number of carbonyl (C=O) groups is 1. The maximum atomic E-state index is 13.2. The van der Waals surface area contributed by atoms with Gasteiger partial charge in [0.05, 0.1) is 11.9 Å². The minimum atomic E-state index is -0.349. The van der Waals surface area contributed by atoms with Crippen LogP contribution >= 0.6 is 0 Å². The minimum absolute atomic E-state index is 0.0312. The third kappa shape index (κ3) is 3.43. The van der Waals surface area contributed by atoms with E-state index in [0.717, 1.165) is 25.8 Å². The molecule has 1 aliphatic heterocycles. The molecule has 7 nitrogen and oxygen atoms in total. The first kappa shape index (κ1) is 19.9. The van der Waals surface area contributed by atoms with Gasteiger partial charge in [0.1, 0.15) is 24.1 Å². The molecule has 2 bridgehead atoms. The van der Waals surface area contributed by atoms with Gasteiger partial charge in [0.15, 0.2) is 5.65 Å². The first-order valence-electron chi connectivity index (χ1n) is 10.6. The maximum Gasteiger partial charge on any atom is 0.264 e. The minimum Gasteiger partial charge on any atom is -0.338 e. The maximum absolute atomic E-state index is 13.2. The van der Waals surface area contributed by atoms with Crippen LogP contribution in [0.15, 0.2) is 41.6 Å². The van der Waals surface area contributed by atoms with E-state index in [-0.39, 0.29) is 40.7 Å². The van der Waals surface area contributed by atoms with Gasteiger partial charge in [-0.15, -0.1) is 0 Å². The molecule has 0 unspecified atom stereocenters. The highest BCUT2D eigenvalue weighted by Crippen LogP contribution is 2.52. The molecular formula is C23H26FN5O2. The summed E-state index contributed by atoms with van der Waals surface area (Å²) in [6.07, 6.45) is 5.97. The van der Waals surface area contributed by atoms with Crippen LogP contribution in [0.4, 0.5) is 4.39 Å². The number of aromatic nitrogens is 4. The fraction of sp³-hybridized carbons (Fsp3) is 0.478. The molecule has 2 aliphatic rings. The van der Waals surface area contributed by atoms with Crippen molar-refractivity contribution < 1.29 is 9.18 Å². The second-order valence-corrected chi connectivity index (χ2v) is 10.2. The molecule has 0 radical (unpaired) electrons. The van der Waals surface area contributed by atoms with Crippen molar-refractivity contribution in [2.75, 3.05) is 6.54 Å². The highest BCUT2D eigenvalue weighted by molar-refractivity contribution is 5.78. The normalized spacial score (nSPS) is 24.6. The topological polar surface area (TPSA) is 73.0 Å². The Labute approximate surface area is 179 Å². The number of nitrogens with zero attached hydrogens (tertiary/aromatic N) is 5. The van der Waals surface area contributed by atoms with E-state index in [1.165, 1.54) is 33.9 Å². The molecule has 0 N–H and O–H groups in total. The summed E-state index contributed by atoms with van der Waals surface area (Å²) in [5.41, 5.74) is 1.05. The lowest BCUT2D eigenvalue weighted by Crippen LogP contribution is -2.40. The molecule has 162 valence electrons. The number of benzene rings is 1. The number of rotatable bonds is 3. The van der Waals surface area contributed by atoms with Gasteiger partial charge in [-0.2, -0.15) is 5.10 Å². The molecule has 3 aromatic rings.